The fourth-order valence-corrected chi connectivity index (χ4v) is 3.03. The minimum absolute atomic E-state index is 0.730. The molecule has 2 aromatic carbocycles. The predicted molar refractivity (Wildman–Crippen MR) is 90.5 cm³/mol. The molecule has 3 aromatic rings. The lowest BCUT2D eigenvalue weighted by Gasteiger charge is -2.08. The van der Waals surface area contributed by atoms with Crippen LogP contribution in [0.25, 0.3) is 21.8 Å². The van der Waals surface area contributed by atoms with Crippen LogP contribution in [-0.4, -0.2) is 19.2 Å². The van der Waals surface area contributed by atoms with E-state index >= 15 is 0 Å². The maximum Gasteiger partial charge on any atom is 0.128 e. The number of benzene rings is 2. The number of aromatic nitrogens is 1. The quantitative estimate of drug-likeness (QED) is 0.738. The number of anilines is 1. The molecule has 112 valence electrons. The van der Waals surface area contributed by atoms with E-state index in [-0.39, 0.29) is 0 Å². The van der Waals surface area contributed by atoms with Crippen LogP contribution in [0, 0.1) is 0 Å². The highest BCUT2D eigenvalue weighted by atomic mass is 32.1. The van der Waals surface area contributed by atoms with Gasteiger partial charge in [-0.3, -0.25) is 0 Å². The molecule has 0 aliphatic rings. The average Bonchev–Trinajstić information content (AvgIpc) is 3.04. The molecule has 0 amide bonds. The van der Waals surface area contributed by atoms with E-state index in [0.717, 1.165) is 39.0 Å². The Balaban J connectivity index is 2.04. The lowest BCUT2D eigenvalue weighted by Crippen LogP contribution is -1.90. The van der Waals surface area contributed by atoms with Gasteiger partial charge in [0, 0.05) is 22.2 Å². The third-order valence-electron chi connectivity index (χ3n) is 3.32. The third-order valence-corrected chi connectivity index (χ3v) is 4.21. The smallest absolute Gasteiger partial charge is 0.128 e. The van der Waals surface area contributed by atoms with Gasteiger partial charge in [0.1, 0.15) is 16.5 Å². The van der Waals surface area contributed by atoms with Crippen LogP contribution < -0.4 is 15.2 Å². The van der Waals surface area contributed by atoms with Gasteiger partial charge in [0.25, 0.3) is 0 Å². The summed E-state index contributed by atoms with van der Waals surface area (Å²) in [7, 11) is 3.29. The molecule has 0 unspecified atom stereocenters. The molecule has 0 radical (unpaired) electrons. The minimum atomic E-state index is 0.730. The molecule has 2 N–H and O–H groups in total. The number of nitrogen functional groups attached to an aromatic ring is 1. The first-order chi connectivity index (χ1) is 10.7. The SMILES string of the molecule is COc1ccc(OC)c(-c2csc(-c3cccc(N)c3)n2)c1. The molecule has 1 aromatic heterocycles. The van der Waals surface area contributed by atoms with Crippen LogP contribution in [0.4, 0.5) is 5.69 Å². The van der Waals surface area contributed by atoms with Crippen molar-refractivity contribution in [1.82, 2.24) is 4.98 Å². The summed E-state index contributed by atoms with van der Waals surface area (Å²) in [6, 6.07) is 13.4. The van der Waals surface area contributed by atoms with Crippen LogP contribution in [0.15, 0.2) is 47.8 Å². The molecule has 5 heteroatoms. The highest BCUT2D eigenvalue weighted by Gasteiger charge is 2.12. The van der Waals surface area contributed by atoms with E-state index in [4.69, 9.17) is 20.2 Å². The molecule has 0 aliphatic carbocycles. The highest BCUT2D eigenvalue weighted by molar-refractivity contribution is 7.13. The maximum atomic E-state index is 5.84. The summed E-state index contributed by atoms with van der Waals surface area (Å²) < 4.78 is 10.7. The van der Waals surface area contributed by atoms with Gasteiger partial charge in [-0.25, -0.2) is 4.98 Å². The second-order valence-electron chi connectivity index (χ2n) is 4.73. The Morgan fingerprint density at radius 3 is 2.64 bits per heavy atom. The van der Waals surface area contributed by atoms with Crippen molar-refractivity contribution in [2.45, 2.75) is 0 Å². The zero-order valence-electron chi connectivity index (χ0n) is 12.4. The molecular weight excluding hydrogens is 296 g/mol. The number of thiazole rings is 1. The molecule has 4 nitrogen and oxygen atoms in total. The molecule has 0 saturated heterocycles. The molecule has 0 saturated carbocycles. The molecule has 0 fully saturated rings. The summed E-state index contributed by atoms with van der Waals surface area (Å²) >= 11 is 1.58. The van der Waals surface area contributed by atoms with Gasteiger partial charge in [0.15, 0.2) is 0 Å². The van der Waals surface area contributed by atoms with Crippen LogP contribution in [0.3, 0.4) is 0 Å². The predicted octanol–water partition coefficient (Wildman–Crippen LogP) is 4.08. The Morgan fingerprint density at radius 2 is 1.91 bits per heavy atom. The largest absolute Gasteiger partial charge is 0.497 e. The topological polar surface area (TPSA) is 57.4 Å². The van der Waals surface area contributed by atoms with E-state index in [1.165, 1.54) is 0 Å². The Kier molecular flexibility index (Phi) is 3.98. The average molecular weight is 312 g/mol. The number of nitrogens with zero attached hydrogens (tertiary/aromatic N) is 1. The Labute approximate surface area is 133 Å². The van der Waals surface area contributed by atoms with Crippen LogP contribution in [0.5, 0.6) is 11.5 Å². The summed E-state index contributed by atoms with van der Waals surface area (Å²) in [5.41, 5.74) is 9.35. The van der Waals surface area contributed by atoms with Gasteiger partial charge in [-0.15, -0.1) is 11.3 Å². The van der Waals surface area contributed by atoms with Crippen molar-refractivity contribution in [3.8, 4) is 33.3 Å². The van der Waals surface area contributed by atoms with Crippen LogP contribution in [0.2, 0.25) is 0 Å². The lowest BCUT2D eigenvalue weighted by atomic mass is 10.1. The molecule has 0 aliphatic heterocycles. The van der Waals surface area contributed by atoms with Gasteiger partial charge in [-0.2, -0.15) is 0 Å². The van der Waals surface area contributed by atoms with Crippen molar-refractivity contribution >= 4 is 17.0 Å². The molecule has 0 atom stereocenters. The van der Waals surface area contributed by atoms with Crippen molar-refractivity contribution < 1.29 is 9.47 Å². The monoisotopic (exact) mass is 312 g/mol. The normalized spacial score (nSPS) is 10.5. The van der Waals surface area contributed by atoms with Gasteiger partial charge in [-0.1, -0.05) is 12.1 Å². The number of hydrogen-bond acceptors (Lipinski definition) is 5. The molecule has 22 heavy (non-hydrogen) atoms. The Hall–Kier alpha value is -2.53. The summed E-state index contributed by atoms with van der Waals surface area (Å²) in [5.74, 6) is 1.54. The first kappa shape index (κ1) is 14.4. The molecule has 0 spiro atoms. The summed E-state index contributed by atoms with van der Waals surface area (Å²) in [5, 5.41) is 2.93. The van der Waals surface area contributed by atoms with Gasteiger partial charge in [-0.05, 0) is 30.3 Å². The van der Waals surface area contributed by atoms with Crippen molar-refractivity contribution in [2.24, 2.45) is 0 Å². The van der Waals surface area contributed by atoms with E-state index in [1.54, 1.807) is 25.6 Å². The van der Waals surface area contributed by atoms with Crippen molar-refractivity contribution in [2.75, 3.05) is 20.0 Å². The Bertz CT molecular complexity index is 799. The number of rotatable bonds is 4. The highest BCUT2D eigenvalue weighted by Crippen LogP contribution is 2.36. The van der Waals surface area contributed by atoms with E-state index < -0.39 is 0 Å². The number of ether oxygens (including phenoxy) is 2. The van der Waals surface area contributed by atoms with Crippen LogP contribution in [0.1, 0.15) is 0 Å². The summed E-state index contributed by atoms with van der Waals surface area (Å²) in [6.07, 6.45) is 0. The number of methoxy groups -OCH3 is 2. The van der Waals surface area contributed by atoms with Gasteiger partial charge >= 0.3 is 0 Å². The van der Waals surface area contributed by atoms with Crippen molar-refractivity contribution in [1.29, 1.82) is 0 Å². The first-order valence-electron chi connectivity index (χ1n) is 6.75. The second kappa shape index (κ2) is 6.07. The van der Waals surface area contributed by atoms with E-state index in [2.05, 4.69) is 0 Å². The molecular formula is C17H16N2O2S. The molecule has 0 bridgehead atoms. The lowest BCUT2D eigenvalue weighted by molar-refractivity contribution is 0.404. The molecule has 3 rings (SSSR count). The fourth-order valence-electron chi connectivity index (χ4n) is 2.22. The Morgan fingerprint density at radius 1 is 1.05 bits per heavy atom. The van der Waals surface area contributed by atoms with Crippen LogP contribution in [-0.2, 0) is 0 Å². The van der Waals surface area contributed by atoms with E-state index in [0.29, 0.717) is 0 Å². The third kappa shape index (κ3) is 2.76. The van der Waals surface area contributed by atoms with Crippen molar-refractivity contribution in [3.05, 3.63) is 47.8 Å². The second-order valence-corrected chi connectivity index (χ2v) is 5.59. The van der Waals surface area contributed by atoms with Gasteiger partial charge < -0.3 is 15.2 Å². The van der Waals surface area contributed by atoms with Gasteiger partial charge in [0.05, 0.1) is 19.9 Å². The summed E-state index contributed by atoms with van der Waals surface area (Å²) in [6.45, 7) is 0. The summed E-state index contributed by atoms with van der Waals surface area (Å²) in [4.78, 5) is 4.70. The first-order valence-corrected chi connectivity index (χ1v) is 7.63. The van der Waals surface area contributed by atoms with E-state index in [1.807, 2.05) is 47.8 Å². The zero-order chi connectivity index (χ0) is 15.5. The molecule has 1 heterocycles. The van der Waals surface area contributed by atoms with Crippen molar-refractivity contribution in [3.63, 3.8) is 0 Å². The van der Waals surface area contributed by atoms with Gasteiger partial charge in [0.2, 0.25) is 0 Å². The zero-order valence-corrected chi connectivity index (χ0v) is 13.2. The number of nitrogens with two attached hydrogens (primary N) is 1. The standard InChI is InChI=1S/C17H16N2O2S/c1-20-13-6-7-16(21-2)14(9-13)15-10-22-17(19-15)11-4-3-5-12(18)8-11/h3-10H,18H2,1-2H3. The number of hydrogen-bond donors (Lipinski definition) is 1. The maximum absolute atomic E-state index is 5.84. The van der Waals surface area contributed by atoms with E-state index in [9.17, 15) is 0 Å². The van der Waals surface area contributed by atoms with Crippen LogP contribution >= 0.6 is 11.3 Å². The fraction of sp³-hybridized carbons (Fsp3) is 0.118. The minimum Gasteiger partial charge on any atom is -0.497 e.